The van der Waals surface area contributed by atoms with Gasteiger partial charge in [0.15, 0.2) is 22.8 Å². The number of hydrogen-bond acceptors (Lipinski definition) is 6. The standard InChI is InChI=1S/C21H29N5O/c1-5-6-17-24-18-19(27-17)15-13-14(7-8-16(15)23-20(18)22)25-9-11-26(12-10-25)21(2,3)4/h7-8,13H,5-6,9-12H2,1-4H3,(H2,22,23). The molecule has 1 saturated heterocycles. The minimum absolute atomic E-state index is 0.221. The Hall–Kier alpha value is -2.34. The van der Waals surface area contributed by atoms with Gasteiger partial charge in [0.2, 0.25) is 0 Å². The molecule has 1 fully saturated rings. The fraction of sp³-hybridized carbons (Fsp3) is 0.524. The third kappa shape index (κ3) is 3.34. The molecule has 3 aromatic rings. The van der Waals surface area contributed by atoms with Crippen molar-refractivity contribution in [2.45, 2.75) is 46.1 Å². The van der Waals surface area contributed by atoms with Crippen molar-refractivity contribution in [1.29, 1.82) is 0 Å². The quantitative estimate of drug-likeness (QED) is 0.758. The molecule has 1 aromatic carbocycles. The summed E-state index contributed by atoms with van der Waals surface area (Å²) in [6.07, 6.45) is 1.80. The van der Waals surface area contributed by atoms with E-state index in [-0.39, 0.29) is 5.54 Å². The molecule has 6 heteroatoms. The van der Waals surface area contributed by atoms with E-state index in [1.165, 1.54) is 5.69 Å². The van der Waals surface area contributed by atoms with Gasteiger partial charge >= 0.3 is 0 Å². The minimum Gasteiger partial charge on any atom is -0.440 e. The summed E-state index contributed by atoms with van der Waals surface area (Å²) < 4.78 is 6.05. The fourth-order valence-corrected chi connectivity index (χ4v) is 3.86. The molecule has 0 saturated carbocycles. The molecule has 3 heterocycles. The molecular formula is C21H29N5O. The van der Waals surface area contributed by atoms with Gasteiger partial charge in [0.05, 0.1) is 5.52 Å². The number of anilines is 2. The number of nitrogens with two attached hydrogens (primary N) is 1. The molecule has 2 aromatic heterocycles. The third-order valence-electron chi connectivity index (χ3n) is 5.44. The smallest absolute Gasteiger partial charge is 0.195 e. The van der Waals surface area contributed by atoms with Gasteiger partial charge in [-0.25, -0.2) is 9.97 Å². The number of piperazine rings is 1. The van der Waals surface area contributed by atoms with Crippen LogP contribution in [0.2, 0.25) is 0 Å². The zero-order valence-electron chi connectivity index (χ0n) is 16.7. The largest absolute Gasteiger partial charge is 0.440 e. The first-order valence-corrected chi connectivity index (χ1v) is 9.85. The Morgan fingerprint density at radius 1 is 1.11 bits per heavy atom. The number of fused-ring (bicyclic) bond motifs is 3. The molecule has 0 aliphatic carbocycles. The molecule has 2 N–H and O–H groups in total. The Bertz CT molecular complexity index is 964. The first-order valence-electron chi connectivity index (χ1n) is 9.85. The van der Waals surface area contributed by atoms with Crippen LogP contribution in [0.5, 0.6) is 0 Å². The maximum Gasteiger partial charge on any atom is 0.195 e. The molecule has 0 amide bonds. The fourth-order valence-electron chi connectivity index (χ4n) is 3.86. The first kappa shape index (κ1) is 18.0. The van der Waals surface area contributed by atoms with Crippen LogP contribution in [0.15, 0.2) is 22.6 Å². The minimum atomic E-state index is 0.221. The van der Waals surface area contributed by atoms with Crippen LogP contribution in [0, 0.1) is 0 Å². The van der Waals surface area contributed by atoms with Gasteiger partial charge in [-0.1, -0.05) is 6.92 Å². The van der Waals surface area contributed by atoms with Crippen molar-refractivity contribution in [3.63, 3.8) is 0 Å². The molecular weight excluding hydrogens is 338 g/mol. The number of benzene rings is 1. The summed E-state index contributed by atoms with van der Waals surface area (Å²) in [6, 6.07) is 6.35. The molecule has 0 bridgehead atoms. The molecule has 27 heavy (non-hydrogen) atoms. The van der Waals surface area contributed by atoms with E-state index in [0.29, 0.717) is 11.3 Å². The predicted octanol–water partition coefficient (Wildman–Crippen LogP) is 3.83. The number of aromatic nitrogens is 2. The number of nitrogen functional groups attached to an aromatic ring is 1. The number of oxazole rings is 1. The Balaban J connectivity index is 1.69. The number of pyridine rings is 1. The summed E-state index contributed by atoms with van der Waals surface area (Å²) in [5, 5.41) is 0.991. The summed E-state index contributed by atoms with van der Waals surface area (Å²) in [4.78, 5) is 14.1. The molecule has 0 spiro atoms. The van der Waals surface area contributed by atoms with Gasteiger partial charge in [0, 0.05) is 49.2 Å². The Kier molecular flexibility index (Phi) is 4.46. The van der Waals surface area contributed by atoms with Gasteiger partial charge in [-0.3, -0.25) is 4.90 Å². The molecule has 0 radical (unpaired) electrons. The molecule has 144 valence electrons. The van der Waals surface area contributed by atoms with Crippen LogP contribution >= 0.6 is 0 Å². The van der Waals surface area contributed by atoms with Crippen LogP contribution in [0.4, 0.5) is 11.5 Å². The van der Waals surface area contributed by atoms with Crippen molar-refractivity contribution in [2.75, 3.05) is 36.8 Å². The van der Waals surface area contributed by atoms with E-state index in [4.69, 9.17) is 10.2 Å². The van der Waals surface area contributed by atoms with Crippen LogP contribution in [0.25, 0.3) is 22.0 Å². The van der Waals surface area contributed by atoms with Gasteiger partial charge in [-0.15, -0.1) is 0 Å². The second-order valence-corrected chi connectivity index (χ2v) is 8.38. The highest BCUT2D eigenvalue weighted by Gasteiger charge is 2.26. The van der Waals surface area contributed by atoms with Gasteiger partial charge < -0.3 is 15.1 Å². The van der Waals surface area contributed by atoms with E-state index in [1.54, 1.807) is 0 Å². The summed E-state index contributed by atoms with van der Waals surface area (Å²) >= 11 is 0. The predicted molar refractivity (Wildman–Crippen MR) is 111 cm³/mol. The summed E-state index contributed by atoms with van der Waals surface area (Å²) in [6.45, 7) is 13.1. The van der Waals surface area contributed by atoms with Crippen molar-refractivity contribution in [1.82, 2.24) is 14.9 Å². The average Bonchev–Trinajstić information content (AvgIpc) is 3.06. The van der Waals surface area contributed by atoms with Crippen LogP contribution in [0.1, 0.15) is 40.0 Å². The lowest BCUT2D eigenvalue weighted by molar-refractivity contribution is 0.128. The lowest BCUT2D eigenvalue weighted by Gasteiger charge is -2.43. The van der Waals surface area contributed by atoms with Gasteiger partial charge in [0.25, 0.3) is 0 Å². The van der Waals surface area contributed by atoms with Crippen LogP contribution < -0.4 is 10.6 Å². The highest BCUT2D eigenvalue weighted by molar-refractivity contribution is 6.05. The third-order valence-corrected chi connectivity index (χ3v) is 5.44. The zero-order valence-corrected chi connectivity index (χ0v) is 16.7. The van der Waals surface area contributed by atoms with Crippen molar-refractivity contribution in [3.8, 4) is 0 Å². The van der Waals surface area contributed by atoms with E-state index in [2.05, 4.69) is 59.6 Å². The van der Waals surface area contributed by atoms with E-state index < -0.39 is 0 Å². The van der Waals surface area contributed by atoms with E-state index >= 15 is 0 Å². The van der Waals surface area contributed by atoms with E-state index in [0.717, 1.165) is 61.4 Å². The molecule has 6 nitrogen and oxygen atoms in total. The molecule has 4 rings (SSSR count). The van der Waals surface area contributed by atoms with Gasteiger partial charge in [0.1, 0.15) is 0 Å². The van der Waals surface area contributed by atoms with Gasteiger partial charge in [-0.05, 0) is 45.4 Å². The van der Waals surface area contributed by atoms with Crippen molar-refractivity contribution >= 4 is 33.5 Å². The topological polar surface area (TPSA) is 71.4 Å². The lowest BCUT2D eigenvalue weighted by Crippen LogP contribution is -2.53. The maximum absolute atomic E-state index is 6.12. The molecule has 1 aliphatic rings. The molecule has 0 unspecified atom stereocenters. The molecule has 0 atom stereocenters. The molecule has 1 aliphatic heterocycles. The highest BCUT2D eigenvalue weighted by atomic mass is 16.3. The Morgan fingerprint density at radius 3 is 2.52 bits per heavy atom. The second kappa shape index (κ2) is 6.68. The number of aryl methyl sites for hydroxylation is 1. The number of hydrogen-bond donors (Lipinski definition) is 1. The van der Waals surface area contributed by atoms with Crippen molar-refractivity contribution in [3.05, 3.63) is 24.1 Å². The summed E-state index contributed by atoms with van der Waals surface area (Å²) in [5.41, 5.74) is 9.84. The van der Waals surface area contributed by atoms with Gasteiger partial charge in [-0.2, -0.15) is 0 Å². The number of nitrogens with zero attached hydrogens (tertiary/aromatic N) is 4. The zero-order chi connectivity index (χ0) is 19.2. The van der Waals surface area contributed by atoms with E-state index in [9.17, 15) is 0 Å². The van der Waals surface area contributed by atoms with Crippen molar-refractivity contribution in [2.24, 2.45) is 0 Å². The Morgan fingerprint density at radius 2 is 1.85 bits per heavy atom. The van der Waals surface area contributed by atoms with Crippen LogP contribution in [0.3, 0.4) is 0 Å². The summed E-state index contributed by atoms with van der Waals surface area (Å²) in [5.74, 6) is 1.17. The van der Waals surface area contributed by atoms with Crippen molar-refractivity contribution < 1.29 is 4.42 Å². The second-order valence-electron chi connectivity index (χ2n) is 8.38. The lowest BCUT2D eigenvalue weighted by atomic mass is 10.0. The van der Waals surface area contributed by atoms with Crippen LogP contribution in [-0.4, -0.2) is 46.6 Å². The van der Waals surface area contributed by atoms with Crippen LogP contribution in [-0.2, 0) is 6.42 Å². The first-order chi connectivity index (χ1) is 12.9. The monoisotopic (exact) mass is 367 g/mol. The summed E-state index contributed by atoms with van der Waals surface area (Å²) in [7, 11) is 0. The highest BCUT2D eigenvalue weighted by Crippen LogP contribution is 2.32. The normalized spacial score (nSPS) is 16.5. The average molecular weight is 367 g/mol. The maximum atomic E-state index is 6.12. The SMILES string of the molecule is CCCc1nc2c(N)nc3ccc(N4CCN(C(C)(C)C)CC4)cc3c2o1. The Labute approximate surface area is 160 Å². The van der Waals surface area contributed by atoms with E-state index in [1.807, 2.05) is 6.07 Å². The number of rotatable bonds is 3.